The van der Waals surface area contributed by atoms with Crippen LogP contribution in [0.3, 0.4) is 0 Å². The Morgan fingerprint density at radius 2 is 0.787 bits per heavy atom. The van der Waals surface area contributed by atoms with E-state index in [4.69, 9.17) is 8.83 Å². The molecular weight excluding hydrogens is 913 g/mol. The molecule has 1 aliphatic carbocycles. The topological polar surface area (TPSA) is 32.8 Å². The molecule has 15 rings (SSSR count). The molecule has 2 heterocycles. The molecule has 4 nitrogen and oxygen atoms in total. The van der Waals surface area contributed by atoms with Gasteiger partial charge >= 0.3 is 0 Å². The summed E-state index contributed by atoms with van der Waals surface area (Å²) in [4.78, 5) is 4.80. The highest BCUT2D eigenvalue weighted by molar-refractivity contribution is 6.15. The van der Waals surface area contributed by atoms with E-state index < -0.39 is 0 Å². The van der Waals surface area contributed by atoms with E-state index in [0.29, 0.717) is 0 Å². The molecule has 4 heteroatoms. The monoisotopic (exact) mass is 960 g/mol. The molecule has 0 saturated carbocycles. The van der Waals surface area contributed by atoms with Gasteiger partial charge in [-0.15, -0.1) is 0 Å². The quantitative estimate of drug-likeness (QED) is 0.152. The zero-order chi connectivity index (χ0) is 49.8. The van der Waals surface area contributed by atoms with Gasteiger partial charge in [0.1, 0.15) is 11.2 Å². The molecule has 1 aliphatic rings. The standard InChI is InChI=1S/C71H48N2O2/c1-71(2)61-43-50-41-53(72(51-25-15-23-47(39-51)45-19-5-3-6-20-45)63-33-17-31-58-55-28-11-13-35-66(55)74-69(58)63)38-37-49(50)42-60(61)68-57-30-10-9-27-54(57)65(44-62(68)71)73(52-26-16-24-48(40-52)46-21-7-4-8-22-46)64-34-18-32-59-56-29-12-14-36-67(56)75-70(59)64/h3-44H,1-2H3. The predicted molar refractivity (Wildman–Crippen MR) is 314 cm³/mol. The Morgan fingerprint density at radius 3 is 1.40 bits per heavy atom. The Hall–Kier alpha value is -9.64. The summed E-state index contributed by atoms with van der Waals surface area (Å²) in [5.41, 5.74) is 19.1. The van der Waals surface area contributed by atoms with Crippen molar-refractivity contribution in [2.75, 3.05) is 9.80 Å². The van der Waals surface area contributed by atoms with Crippen molar-refractivity contribution in [2.24, 2.45) is 0 Å². The van der Waals surface area contributed by atoms with E-state index >= 15 is 0 Å². The van der Waals surface area contributed by atoms with Crippen molar-refractivity contribution >= 4 is 99.5 Å². The van der Waals surface area contributed by atoms with Gasteiger partial charge in [0.25, 0.3) is 0 Å². The molecule has 75 heavy (non-hydrogen) atoms. The summed E-state index contributed by atoms with van der Waals surface area (Å²) in [6.07, 6.45) is 0. The van der Waals surface area contributed by atoms with Crippen LogP contribution in [0.1, 0.15) is 25.0 Å². The van der Waals surface area contributed by atoms with Gasteiger partial charge in [0.05, 0.1) is 17.1 Å². The Kier molecular flexibility index (Phi) is 9.58. The summed E-state index contributed by atoms with van der Waals surface area (Å²) < 4.78 is 13.6. The molecule has 2 aromatic heterocycles. The number of para-hydroxylation sites is 4. The Morgan fingerprint density at radius 1 is 0.307 bits per heavy atom. The van der Waals surface area contributed by atoms with Crippen molar-refractivity contribution in [1.29, 1.82) is 0 Å². The van der Waals surface area contributed by atoms with Gasteiger partial charge < -0.3 is 18.6 Å². The van der Waals surface area contributed by atoms with Gasteiger partial charge in [-0.1, -0.05) is 190 Å². The molecule has 12 aromatic carbocycles. The maximum atomic E-state index is 6.86. The van der Waals surface area contributed by atoms with Crippen LogP contribution in [0.4, 0.5) is 34.1 Å². The first-order valence-corrected chi connectivity index (χ1v) is 25.8. The van der Waals surface area contributed by atoms with Gasteiger partial charge in [-0.3, -0.25) is 0 Å². The summed E-state index contributed by atoms with van der Waals surface area (Å²) in [6, 6.07) is 92.1. The minimum absolute atomic E-state index is 0.361. The van der Waals surface area contributed by atoms with Crippen molar-refractivity contribution < 1.29 is 8.83 Å². The number of fused-ring (bicyclic) bond motifs is 12. The van der Waals surface area contributed by atoms with Crippen LogP contribution in [0.5, 0.6) is 0 Å². The molecule has 0 fully saturated rings. The second kappa shape index (κ2) is 16.7. The van der Waals surface area contributed by atoms with E-state index in [1.54, 1.807) is 0 Å². The lowest BCUT2D eigenvalue weighted by Gasteiger charge is -2.30. The van der Waals surface area contributed by atoms with E-state index in [1.807, 2.05) is 12.1 Å². The fraction of sp³-hybridized carbons (Fsp3) is 0.0423. The summed E-state index contributed by atoms with van der Waals surface area (Å²) >= 11 is 0. The smallest absolute Gasteiger partial charge is 0.159 e. The lowest BCUT2D eigenvalue weighted by atomic mass is 9.81. The fourth-order valence-electron chi connectivity index (χ4n) is 12.2. The van der Waals surface area contributed by atoms with Crippen LogP contribution in [0.25, 0.3) is 98.8 Å². The van der Waals surface area contributed by atoms with Gasteiger partial charge in [-0.25, -0.2) is 0 Å². The average molecular weight is 961 g/mol. The van der Waals surface area contributed by atoms with Crippen molar-refractivity contribution in [1.82, 2.24) is 0 Å². The van der Waals surface area contributed by atoms with E-state index in [-0.39, 0.29) is 5.41 Å². The van der Waals surface area contributed by atoms with Crippen LogP contribution < -0.4 is 9.80 Å². The van der Waals surface area contributed by atoms with Crippen LogP contribution in [0, 0.1) is 0 Å². The molecule has 354 valence electrons. The zero-order valence-corrected chi connectivity index (χ0v) is 41.5. The number of hydrogen-bond acceptors (Lipinski definition) is 4. The van der Waals surface area contributed by atoms with E-state index in [0.717, 1.165) is 89.1 Å². The van der Waals surface area contributed by atoms with E-state index in [2.05, 4.69) is 266 Å². The lowest BCUT2D eigenvalue weighted by Crippen LogP contribution is -2.17. The minimum Gasteiger partial charge on any atom is -0.454 e. The highest BCUT2D eigenvalue weighted by Crippen LogP contribution is 2.56. The molecule has 0 unspecified atom stereocenters. The summed E-state index contributed by atoms with van der Waals surface area (Å²) in [6.45, 7) is 4.80. The molecule has 0 saturated heterocycles. The maximum absolute atomic E-state index is 6.86. The van der Waals surface area contributed by atoms with E-state index in [9.17, 15) is 0 Å². The highest BCUT2D eigenvalue weighted by atomic mass is 16.3. The van der Waals surface area contributed by atoms with Gasteiger partial charge in [0.15, 0.2) is 11.2 Å². The van der Waals surface area contributed by atoms with Gasteiger partial charge in [0, 0.05) is 49.4 Å². The Balaban J connectivity index is 0.923. The highest BCUT2D eigenvalue weighted by Gasteiger charge is 2.39. The molecule has 0 aliphatic heterocycles. The number of furan rings is 2. The first kappa shape index (κ1) is 43.0. The number of nitrogens with zero attached hydrogens (tertiary/aromatic N) is 2. The van der Waals surface area contributed by atoms with Crippen molar-refractivity contribution in [3.05, 3.63) is 266 Å². The van der Waals surface area contributed by atoms with Crippen molar-refractivity contribution in [3.8, 4) is 33.4 Å². The average Bonchev–Trinajstić information content (AvgIpc) is 4.11. The van der Waals surface area contributed by atoms with Crippen LogP contribution >= 0.6 is 0 Å². The third-order valence-electron chi connectivity index (χ3n) is 15.8. The zero-order valence-electron chi connectivity index (χ0n) is 41.5. The maximum Gasteiger partial charge on any atom is 0.159 e. The molecule has 0 N–H and O–H groups in total. The van der Waals surface area contributed by atoms with Crippen molar-refractivity contribution in [3.63, 3.8) is 0 Å². The van der Waals surface area contributed by atoms with Crippen molar-refractivity contribution in [2.45, 2.75) is 19.3 Å². The number of rotatable bonds is 8. The normalized spacial score (nSPS) is 12.8. The van der Waals surface area contributed by atoms with Gasteiger partial charge in [-0.2, -0.15) is 0 Å². The van der Waals surface area contributed by atoms with Gasteiger partial charge in [0.2, 0.25) is 0 Å². The number of hydrogen-bond donors (Lipinski definition) is 0. The number of benzene rings is 12. The molecule has 0 amide bonds. The number of anilines is 6. The Labute approximate surface area is 434 Å². The van der Waals surface area contributed by atoms with Crippen LogP contribution in [-0.4, -0.2) is 0 Å². The fourth-order valence-corrected chi connectivity index (χ4v) is 12.2. The van der Waals surface area contributed by atoms with Gasteiger partial charge in [-0.05, 0) is 140 Å². The summed E-state index contributed by atoms with van der Waals surface area (Å²) in [7, 11) is 0. The molecule has 0 radical (unpaired) electrons. The first-order valence-electron chi connectivity index (χ1n) is 25.8. The largest absolute Gasteiger partial charge is 0.454 e. The molecule has 0 bridgehead atoms. The first-order chi connectivity index (χ1) is 36.9. The Bertz CT molecular complexity index is 4580. The predicted octanol–water partition coefficient (Wildman–Crippen LogP) is 20.4. The lowest BCUT2D eigenvalue weighted by molar-refractivity contribution is 0.661. The molecule has 14 aromatic rings. The van der Waals surface area contributed by atoms with E-state index in [1.165, 1.54) is 54.9 Å². The van der Waals surface area contributed by atoms with Crippen LogP contribution in [0.2, 0.25) is 0 Å². The third-order valence-corrected chi connectivity index (χ3v) is 15.8. The SMILES string of the molecule is CC1(C)c2cc3cc(N(c4cccc(-c5ccccc5)c4)c4cccc5c4oc4ccccc45)ccc3cc2-c2c1cc(N(c1cccc(-c3ccccc3)c1)c1cccc3c1oc1ccccc13)c1ccccc21. The molecule has 0 spiro atoms. The minimum atomic E-state index is -0.361. The summed E-state index contributed by atoms with van der Waals surface area (Å²) in [5, 5.41) is 9.14. The third kappa shape index (κ3) is 6.76. The summed E-state index contributed by atoms with van der Waals surface area (Å²) in [5.74, 6) is 0. The second-order valence-electron chi connectivity index (χ2n) is 20.4. The second-order valence-corrected chi connectivity index (χ2v) is 20.4. The van der Waals surface area contributed by atoms with Crippen LogP contribution in [0.15, 0.2) is 264 Å². The molecule has 0 atom stereocenters. The van der Waals surface area contributed by atoms with Crippen LogP contribution in [-0.2, 0) is 5.41 Å². The molecular formula is C71H48N2O2.